The maximum atomic E-state index is 12.2. The van der Waals surface area contributed by atoms with Gasteiger partial charge >= 0.3 is 0 Å². The molecule has 3 heteroatoms. The molecule has 1 N–H and O–H groups in total. The average Bonchev–Trinajstić information content (AvgIpc) is 2.38. The highest BCUT2D eigenvalue weighted by Crippen LogP contribution is 2.15. The minimum atomic E-state index is 0.0550. The largest absolute Gasteiger partial charge is 0.352 e. The van der Waals surface area contributed by atoms with Gasteiger partial charge in [0.05, 0.1) is 5.56 Å². The van der Waals surface area contributed by atoms with Crippen molar-refractivity contribution in [3.8, 4) is 0 Å². The molecule has 0 aliphatic heterocycles. The molecule has 1 aromatic carbocycles. The molecule has 0 unspecified atom stereocenters. The van der Waals surface area contributed by atoms with Crippen molar-refractivity contribution < 1.29 is 4.79 Å². The van der Waals surface area contributed by atoms with Gasteiger partial charge in [0.15, 0.2) is 0 Å². The van der Waals surface area contributed by atoms with Gasteiger partial charge in [-0.2, -0.15) is 0 Å². The van der Waals surface area contributed by atoms with Crippen LogP contribution in [0.4, 0.5) is 0 Å². The minimum Gasteiger partial charge on any atom is -0.352 e. The number of hydrogen-bond acceptors (Lipinski definition) is 1. The predicted molar refractivity (Wildman–Crippen MR) is 89.5 cm³/mol. The van der Waals surface area contributed by atoms with Gasteiger partial charge in [0.1, 0.15) is 0 Å². The summed E-state index contributed by atoms with van der Waals surface area (Å²) in [6, 6.07) is 5.95. The van der Waals surface area contributed by atoms with Crippen LogP contribution in [0.15, 0.2) is 18.2 Å². The minimum absolute atomic E-state index is 0.0550. The maximum absolute atomic E-state index is 12.2. The Bertz CT molecular complexity index is 417. The van der Waals surface area contributed by atoms with Crippen molar-refractivity contribution in [2.24, 2.45) is 5.92 Å². The normalized spacial score (nSPS) is 12.2. The molecule has 19 heavy (non-hydrogen) atoms. The van der Waals surface area contributed by atoms with E-state index in [1.807, 2.05) is 25.1 Å². The lowest BCUT2D eigenvalue weighted by atomic mass is 9.99. The molecule has 106 valence electrons. The summed E-state index contributed by atoms with van der Waals surface area (Å²) in [7, 11) is 0. The first-order chi connectivity index (χ1) is 9.08. The number of rotatable bonds is 7. The molecular weight excluding hydrogens is 349 g/mol. The maximum Gasteiger partial charge on any atom is 0.252 e. The number of carbonyl (C=O) groups excluding carboxylic acids is 1. The second kappa shape index (κ2) is 8.56. The zero-order valence-corrected chi connectivity index (χ0v) is 14.3. The van der Waals surface area contributed by atoms with Crippen molar-refractivity contribution in [3.05, 3.63) is 32.9 Å². The van der Waals surface area contributed by atoms with Gasteiger partial charge in [-0.05, 0) is 54.0 Å². The van der Waals surface area contributed by atoms with Crippen molar-refractivity contribution >= 4 is 28.5 Å². The van der Waals surface area contributed by atoms with Gasteiger partial charge in [-0.15, -0.1) is 0 Å². The van der Waals surface area contributed by atoms with Crippen LogP contribution in [0.3, 0.4) is 0 Å². The van der Waals surface area contributed by atoms with Crippen LogP contribution >= 0.6 is 22.6 Å². The standard InChI is InChI=1S/C16H24INO/c1-4-6-7-13(5-2)11-18-16(19)14-9-8-12(3)10-15(14)17/h8-10,13H,4-7,11H2,1-3H3,(H,18,19)/t13-/m1/s1. The van der Waals surface area contributed by atoms with E-state index in [1.165, 1.54) is 24.8 Å². The fraction of sp³-hybridized carbons (Fsp3) is 0.562. The van der Waals surface area contributed by atoms with Crippen molar-refractivity contribution in [3.63, 3.8) is 0 Å². The highest BCUT2D eigenvalue weighted by molar-refractivity contribution is 14.1. The molecule has 1 aromatic rings. The fourth-order valence-electron chi connectivity index (χ4n) is 2.08. The molecule has 0 aliphatic carbocycles. The van der Waals surface area contributed by atoms with Crippen molar-refractivity contribution in [2.45, 2.75) is 46.5 Å². The van der Waals surface area contributed by atoms with Gasteiger partial charge in [-0.25, -0.2) is 0 Å². The monoisotopic (exact) mass is 373 g/mol. The van der Waals surface area contributed by atoms with E-state index < -0.39 is 0 Å². The van der Waals surface area contributed by atoms with Crippen LogP contribution in [0.2, 0.25) is 0 Å². The van der Waals surface area contributed by atoms with E-state index in [9.17, 15) is 4.79 Å². The van der Waals surface area contributed by atoms with Gasteiger partial charge in [-0.3, -0.25) is 4.79 Å². The molecule has 0 saturated carbocycles. The second-order valence-corrected chi connectivity index (χ2v) is 6.27. The number of benzene rings is 1. The molecular formula is C16H24INO. The van der Waals surface area contributed by atoms with Crippen LogP contribution in [0.1, 0.15) is 55.5 Å². The molecule has 2 nitrogen and oxygen atoms in total. The molecule has 0 bridgehead atoms. The Hall–Kier alpha value is -0.580. The summed E-state index contributed by atoms with van der Waals surface area (Å²) in [4.78, 5) is 12.2. The summed E-state index contributed by atoms with van der Waals surface area (Å²) in [5.74, 6) is 0.659. The molecule has 1 rings (SSSR count). The first kappa shape index (κ1) is 16.5. The van der Waals surface area contributed by atoms with E-state index in [4.69, 9.17) is 0 Å². The molecule has 0 spiro atoms. The molecule has 0 aromatic heterocycles. The topological polar surface area (TPSA) is 29.1 Å². The lowest BCUT2D eigenvalue weighted by Gasteiger charge is -2.15. The van der Waals surface area contributed by atoms with E-state index >= 15 is 0 Å². The van der Waals surface area contributed by atoms with E-state index in [0.29, 0.717) is 5.92 Å². The van der Waals surface area contributed by atoms with Gasteiger partial charge in [0.25, 0.3) is 5.91 Å². The zero-order valence-electron chi connectivity index (χ0n) is 12.1. The Labute approximate surface area is 130 Å². The third-order valence-electron chi connectivity index (χ3n) is 3.46. The lowest BCUT2D eigenvalue weighted by molar-refractivity contribution is 0.0945. The highest BCUT2D eigenvalue weighted by Gasteiger charge is 2.12. The zero-order chi connectivity index (χ0) is 14.3. The summed E-state index contributed by atoms with van der Waals surface area (Å²) in [5, 5.41) is 3.08. The van der Waals surface area contributed by atoms with Crippen LogP contribution in [-0.4, -0.2) is 12.5 Å². The van der Waals surface area contributed by atoms with Crippen LogP contribution in [0.25, 0.3) is 0 Å². The number of unbranched alkanes of at least 4 members (excludes halogenated alkanes) is 1. The summed E-state index contributed by atoms with van der Waals surface area (Å²) in [6.45, 7) is 7.24. The Morgan fingerprint density at radius 3 is 2.68 bits per heavy atom. The quantitative estimate of drug-likeness (QED) is 0.699. The molecule has 0 fully saturated rings. The van der Waals surface area contributed by atoms with Crippen LogP contribution in [0.5, 0.6) is 0 Å². The Morgan fingerprint density at radius 1 is 1.37 bits per heavy atom. The summed E-state index contributed by atoms with van der Waals surface area (Å²) >= 11 is 2.23. The molecule has 0 aliphatic rings. The summed E-state index contributed by atoms with van der Waals surface area (Å²) < 4.78 is 1.02. The number of carbonyl (C=O) groups is 1. The van der Waals surface area contributed by atoms with E-state index in [-0.39, 0.29) is 5.91 Å². The molecule has 1 atom stereocenters. The molecule has 0 saturated heterocycles. The second-order valence-electron chi connectivity index (χ2n) is 5.11. The molecule has 1 amide bonds. The first-order valence-electron chi connectivity index (χ1n) is 7.12. The van der Waals surface area contributed by atoms with E-state index in [1.54, 1.807) is 0 Å². The lowest BCUT2D eigenvalue weighted by Crippen LogP contribution is -2.29. The third kappa shape index (κ3) is 5.51. The average molecular weight is 373 g/mol. The number of halogens is 1. The summed E-state index contributed by atoms with van der Waals surface area (Å²) in [5.41, 5.74) is 1.98. The Morgan fingerprint density at radius 2 is 2.11 bits per heavy atom. The van der Waals surface area contributed by atoms with Crippen LogP contribution in [-0.2, 0) is 0 Å². The predicted octanol–water partition coefficient (Wildman–Crippen LogP) is 4.55. The Balaban J connectivity index is 2.54. The van der Waals surface area contributed by atoms with Crippen LogP contribution < -0.4 is 5.32 Å². The van der Waals surface area contributed by atoms with Gasteiger partial charge in [0, 0.05) is 10.1 Å². The van der Waals surface area contributed by atoms with Crippen LogP contribution in [0, 0.1) is 16.4 Å². The van der Waals surface area contributed by atoms with Crippen molar-refractivity contribution in [1.82, 2.24) is 5.32 Å². The fourth-order valence-corrected chi connectivity index (χ4v) is 3.00. The van der Waals surface area contributed by atoms with Crippen molar-refractivity contribution in [2.75, 3.05) is 6.54 Å². The number of aryl methyl sites for hydroxylation is 1. The van der Waals surface area contributed by atoms with Gasteiger partial charge in [0.2, 0.25) is 0 Å². The number of amides is 1. The highest BCUT2D eigenvalue weighted by atomic mass is 127. The van der Waals surface area contributed by atoms with Gasteiger partial charge < -0.3 is 5.32 Å². The molecule has 0 radical (unpaired) electrons. The number of nitrogens with one attached hydrogen (secondary N) is 1. The SMILES string of the molecule is CCCC[C@@H](CC)CNC(=O)c1ccc(C)cc1I. The van der Waals surface area contributed by atoms with Crippen molar-refractivity contribution in [1.29, 1.82) is 0 Å². The smallest absolute Gasteiger partial charge is 0.252 e. The van der Waals surface area contributed by atoms with Gasteiger partial charge in [-0.1, -0.05) is 44.7 Å². The first-order valence-corrected chi connectivity index (χ1v) is 8.20. The molecule has 0 heterocycles. The number of hydrogen-bond donors (Lipinski definition) is 1. The summed E-state index contributed by atoms with van der Waals surface area (Å²) in [6.07, 6.45) is 4.81. The van der Waals surface area contributed by atoms with E-state index in [0.717, 1.165) is 22.1 Å². The third-order valence-corrected chi connectivity index (χ3v) is 4.36. The Kier molecular flexibility index (Phi) is 7.42. The van der Waals surface area contributed by atoms with E-state index in [2.05, 4.69) is 41.8 Å².